The average molecular weight is 353 g/mol. The van der Waals surface area contributed by atoms with Crippen molar-refractivity contribution in [2.75, 3.05) is 13.2 Å². The van der Waals surface area contributed by atoms with E-state index in [1.807, 2.05) is 0 Å². The number of hydrogen-bond acceptors (Lipinski definition) is 7. The van der Waals surface area contributed by atoms with Crippen molar-refractivity contribution in [3.8, 4) is 0 Å². The highest BCUT2D eigenvalue weighted by atomic mass is 19.1. The zero-order valence-electron chi connectivity index (χ0n) is 13.7. The normalized spacial score (nSPS) is 30.4. The Morgan fingerprint density at radius 2 is 2.00 bits per heavy atom. The van der Waals surface area contributed by atoms with Crippen molar-refractivity contribution in [1.82, 2.24) is 9.80 Å². The van der Waals surface area contributed by atoms with Crippen molar-refractivity contribution in [3.63, 3.8) is 0 Å². The predicted molar refractivity (Wildman–Crippen MR) is 85.8 cm³/mol. The molecule has 0 bridgehead atoms. The van der Waals surface area contributed by atoms with Crippen molar-refractivity contribution < 1.29 is 24.3 Å². The van der Waals surface area contributed by atoms with E-state index < -0.39 is 35.3 Å². The number of ether oxygens (including phenoxy) is 1. The number of non-ortho nitro benzene ring substituents is 1. The number of aliphatic hydroxyl groups is 2. The smallest absolute Gasteiger partial charge is 0.269 e. The van der Waals surface area contributed by atoms with Crippen LogP contribution in [-0.2, 0) is 11.3 Å². The van der Waals surface area contributed by atoms with Crippen molar-refractivity contribution in [3.05, 3.63) is 52.0 Å². The minimum Gasteiger partial charge on any atom is -0.388 e. The Kier molecular flexibility index (Phi) is 5.00. The Morgan fingerprint density at radius 3 is 2.56 bits per heavy atom. The number of nitro benzene ring substituents is 1. The van der Waals surface area contributed by atoms with E-state index in [0.29, 0.717) is 13.2 Å². The van der Waals surface area contributed by atoms with Crippen LogP contribution in [0.15, 0.2) is 36.3 Å². The molecule has 8 nitrogen and oxygen atoms in total. The summed E-state index contributed by atoms with van der Waals surface area (Å²) in [5.74, 6) is -0.391. The molecule has 0 spiro atoms. The van der Waals surface area contributed by atoms with E-state index in [1.165, 1.54) is 23.2 Å². The summed E-state index contributed by atoms with van der Waals surface area (Å²) < 4.78 is 19.5. The molecule has 9 heteroatoms. The number of hydrogen-bond donors (Lipinski definition) is 2. The summed E-state index contributed by atoms with van der Waals surface area (Å²) in [4.78, 5) is 13.5. The number of nitrogens with zero attached hydrogens (tertiary/aromatic N) is 3. The molecule has 1 aromatic rings. The quantitative estimate of drug-likeness (QED) is 0.614. The molecule has 0 aromatic heterocycles. The van der Waals surface area contributed by atoms with Gasteiger partial charge in [0, 0.05) is 24.9 Å². The molecule has 2 N–H and O–H groups in total. The first-order valence-electron chi connectivity index (χ1n) is 7.94. The Hall–Kier alpha value is -2.07. The molecule has 0 amide bonds. The van der Waals surface area contributed by atoms with Gasteiger partial charge in [0.1, 0.15) is 18.0 Å². The Labute approximate surface area is 143 Å². The first-order valence-corrected chi connectivity index (χ1v) is 7.94. The van der Waals surface area contributed by atoms with Crippen LogP contribution in [0, 0.1) is 10.1 Å². The van der Waals surface area contributed by atoms with Crippen LogP contribution in [0.4, 0.5) is 10.1 Å². The Bertz CT molecular complexity index is 668. The van der Waals surface area contributed by atoms with E-state index >= 15 is 0 Å². The van der Waals surface area contributed by atoms with Crippen molar-refractivity contribution >= 4 is 5.69 Å². The van der Waals surface area contributed by atoms with Gasteiger partial charge in [-0.3, -0.25) is 15.0 Å². The zero-order valence-corrected chi connectivity index (χ0v) is 13.7. The van der Waals surface area contributed by atoms with E-state index in [-0.39, 0.29) is 12.2 Å². The van der Waals surface area contributed by atoms with Crippen molar-refractivity contribution in [2.45, 2.75) is 38.0 Å². The van der Waals surface area contributed by atoms with Crippen LogP contribution >= 0.6 is 0 Å². The molecule has 2 heterocycles. The molecule has 25 heavy (non-hydrogen) atoms. The third-order valence-corrected chi connectivity index (χ3v) is 4.40. The summed E-state index contributed by atoms with van der Waals surface area (Å²) in [7, 11) is 0. The first-order chi connectivity index (χ1) is 11.8. The largest absolute Gasteiger partial charge is 0.388 e. The van der Waals surface area contributed by atoms with Gasteiger partial charge in [-0.1, -0.05) is 12.1 Å². The predicted octanol–water partition coefficient (Wildman–Crippen LogP) is 0.947. The van der Waals surface area contributed by atoms with Crippen LogP contribution in [0.25, 0.3) is 0 Å². The molecular weight excluding hydrogens is 333 g/mol. The molecule has 4 atom stereocenters. The minimum atomic E-state index is -1.13. The van der Waals surface area contributed by atoms with Gasteiger partial charge in [-0.05, 0) is 12.5 Å². The molecule has 0 radical (unpaired) electrons. The third-order valence-electron chi connectivity index (χ3n) is 4.40. The SMILES string of the molecule is C[C@@H]1O[C@H](N2C=C(F)CN(Cc3ccc([N+](=O)[O-])cc3)C2)[C@@H](O)[C@H]1O. The summed E-state index contributed by atoms with van der Waals surface area (Å²) in [6.07, 6.45) is -2.23. The van der Waals surface area contributed by atoms with Crippen LogP contribution in [0.3, 0.4) is 0 Å². The van der Waals surface area contributed by atoms with Gasteiger partial charge in [-0.15, -0.1) is 0 Å². The monoisotopic (exact) mass is 353 g/mol. The number of nitro groups is 1. The number of benzene rings is 1. The summed E-state index contributed by atoms with van der Waals surface area (Å²) in [5, 5.41) is 30.6. The number of halogens is 1. The van der Waals surface area contributed by atoms with Gasteiger partial charge in [0.05, 0.1) is 24.2 Å². The highest BCUT2D eigenvalue weighted by molar-refractivity contribution is 5.32. The fraction of sp³-hybridized carbons (Fsp3) is 0.500. The molecule has 2 aliphatic heterocycles. The maximum atomic E-state index is 14.0. The van der Waals surface area contributed by atoms with Crippen LogP contribution in [-0.4, -0.2) is 62.7 Å². The van der Waals surface area contributed by atoms with E-state index in [9.17, 15) is 24.7 Å². The lowest BCUT2D eigenvalue weighted by atomic mass is 10.1. The average Bonchev–Trinajstić information content (AvgIpc) is 2.82. The molecule has 1 fully saturated rings. The number of rotatable bonds is 4. The Balaban J connectivity index is 1.68. The summed E-state index contributed by atoms with van der Waals surface area (Å²) in [6.45, 7) is 2.42. The molecule has 1 aromatic carbocycles. The topological polar surface area (TPSA) is 99.3 Å². The van der Waals surface area contributed by atoms with Crippen LogP contribution in [0.1, 0.15) is 12.5 Å². The highest BCUT2D eigenvalue weighted by Gasteiger charge is 2.43. The van der Waals surface area contributed by atoms with Gasteiger partial charge in [0.15, 0.2) is 6.23 Å². The lowest BCUT2D eigenvalue weighted by Crippen LogP contribution is -2.49. The summed E-state index contributed by atoms with van der Waals surface area (Å²) >= 11 is 0. The van der Waals surface area contributed by atoms with Gasteiger partial charge in [0.25, 0.3) is 5.69 Å². The second kappa shape index (κ2) is 7.04. The van der Waals surface area contributed by atoms with Crippen LogP contribution in [0.2, 0.25) is 0 Å². The van der Waals surface area contributed by atoms with Gasteiger partial charge < -0.3 is 19.8 Å². The van der Waals surface area contributed by atoms with E-state index in [2.05, 4.69) is 0 Å². The van der Waals surface area contributed by atoms with Gasteiger partial charge >= 0.3 is 0 Å². The lowest BCUT2D eigenvalue weighted by molar-refractivity contribution is -0.384. The molecule has 3 rings (SSSR count). The maximum absolute atomic E-state index is 14.0. The highest BCUT2D eigenvalue weighted by Crippen LogP contribution is 2.27. The van der Waals surface area contributed by atoms with E-state index in [4.69, 9.17) is 4.74 Å². The van der Waals surface area contributed by atoms with Gasteiger partial charge in [-0.25, -0.2) is 4.39 Å². The molecule has 0 unspecified atom stereocenters. The van der Waals surface area contributed by atoms with Crippen LogP contribution < -0.4 is 0 Å². The second-order valence-corrected chi connectivity index (χ2v) is 6.36. The summed E-state index contributed by atoms with van der Waals surface area (Å²) in [5.41, 5.74) is 0.807. The molecular formula is C16H20FN3O5. The fourth-order valence-corrected chi connectivity index (χ4v) is 3.10. The zero-order chi connectivity index (χ0) is 18.1. The van der Waals surface area contributed by atoms with Gasteiger partial charge in [0.2, 0.25) is 0 Å². The molecule has 2 aliphatic rings. The summed E-state index contributed by atoms with van der Waals surface area (Å²) in [6, 6.07) is 6.08. The molecule has 0 aliphatic carbocycles. The first kappa shape index (κ1) is 17.7. The van der Waals surface area contributed by atoms with Crippen molar-refractivity contribution in [2.24, 2.45) is 0 Å². The fourth-order valence-electron chi connectivity index (χ4n) is 3.10. The number of aliphatic hydroxyl groups excluding tert-OH is 2. The molecule has 0 saturated carbocycles. The second-order valence-electron chi connectivity index (χ2n) is 6.36. The standard InChI is InChI=1S/C16H20FN3O5/c1-10-14(21)15(22)16(25-10)19-8-12(17)7-18(9-19)6-11-2-4-13(5-3-11)20(23)24/h2-5,8,10,14-16,21-22H,6-7,9H2,1H3/t10-,14-,15-,16-/m0/s1. The molecule has 1 saturated heterocycles. The van der Waals surface area contributed by atoms with Crippen molar-refractivity contribution in [1.29, 1.82) is 0 Å². The molecule has 136 valence electrons. The lowest BCUT2D eigenvalue weighted by Gasteiger charge is -2.37. The van der Waals surface area contributed by atoms with E-state index in [1.54, 1.807) is 24.0 Å². The Morgan fingerprint density at radius 1 is 1.32 bits per heavy atom. The van der Waals surface area contributed by atoms with Crippen LogP contribution in [0.5, 0.6) is 0 Å². The maximum Gasteiger partial charge on any atom is 0.269 e. The van der Waals surface area contributed by atoms with Gasteiger partial charge in [-0.2, -0.15) is 0 Å². The van der Waals surface area contributed by atoms with E-state index in [0.717, 1.165) is 5.56 Å². The third kappa shape index (κ3) is 3.79. The minimum absolute atomic E-state index is 0.000509.